The molecule has 1 saturated heterocycles. The van der Waals surface area contributed by atoms with Crippen LogP contribution in [-0.2, 0) is 4.74 Å². The number of hydrogen-bond acceptors (Lipinski definition) is 4. The maximum atomic E-state index is 11.5. The number of nitrogens with two attached hydrogens (primary N) is 1. The molecular formula is C11H23N3O2. The molecule has 5 heteroatoms. The van der Waals surface area contributed by atoms with Crippen molar-refractivity contribution in [3.63, 3.8) is 0 Å². The summed E-state index contributed by atoms with van der Waals surface area (Å²) in [5, 5.41) is 2.88. The zero-order chi connectivity index (χ0) is 12.2. The summed E-state index contributed by atoms with van der Waals surface area (Å²) in [6.07, 6.45) is 0.645. The van der Waals surface area contributed by atoms with Crippen molar-refractivity contribution in [3.8, 4) is 0 Å². The van der Waals surface area contributed by atoms with E-state index in [0.717, 1.165) is 26.1 Å². The summed E-state index contributed by atoms with van der Waals surface area (Å²) in [7, 11) is 0. The third-order valence-corrected chi connectivity index (χ3v) is 2.44. The van der Waals surface area contributed by atoms with Crippen LogP contribution in [0.15, 0.2) is 0 Å². The van der Waals surface area contributed by atoms with E-state index < -0.39 is 5.60 Å². The Bertz CT molecular complexity index is 238. The molecule has 5 nitrogen and oxygen atoms in total. The fourth-order valence-electron chi connectivity index (χ4n) is 1.81. The van der Waals surface area contributed by atoms with Crippen molar-refractivity contribution in [2.45, 2.75) is 38.8 Å². The fourth-order valence-corrected chi connectivity index (χ4v) is 1.81. The average molecular weight is 229 g/mol. The van der Waals surface area contributed by atoms with Gasteiger partial charge in [0.15, 0.2) is 0 Å². The fraction of sp³-hybridized carbons (Fsp3) is 0.909. The number of nitrogens with zero attached hydrogens (tertiary/aromatic N) is 1. The first-order valence-electron chi connectivity index (χ1n) is 5.82. The monoisotopic (exact) mass is 229 g/mol. The topological polar surface area (TPSA) is 67.6 Å². The molecule has 0 radical (unpaired) electrons. The molecular weight excluding hydrogens is 206 g/mol. The van der Waals surface area contributed by atoms with Crippen molar-refractivity contribution in [3.05, 3.63) is 0 Å². The number of nitrogens with one attached hydrogen (secondary N) is 1. The van der Waals surface area contributed by atoms with Crippen LogP contribution in [0.4, 0.5) is 4.79 Å². The van der Waals surface area contributed by atoms with Gasteiger partial charge in [-0.2, -0.15) is 0 Å². The van der Waals surface area contributed by atoms with Crippen LogP contribution in [0.3, 0.4) is 0 Å². The lowest BCUT2D eigenvalue weighted by molar-refractivity contribution is 0.0506. The van der Waals surface area contributed by atoms with Crippen molar-refractivity contribution in [1.29, 1.82) is 0 Å². The summed E-state index contributed by atoms with van der Waals surface area (Å²) >= 11 is 0. The standard InChI is InChI=1S/C11H23N3O2/c1-11(2,3)16-10(15)13-9-4-6-14(8-9)7-5-12/h9H,4-8,12H2,1-3H3,(H,13,15). The van der Waals surface area contributed by atoms with E-state index in [2.05, 4.69) is 10.2 Å². The lowest BCUT2D eigenvalue weighted by atomic mass is 10.2. The van der Waals surface area contributed by atoms with Gasteiger partial charge in [-0.15, -0.1) is 0 Å². The van der Waals surface area contributed by atoms with E-state index in [4.69, 9.17) is 10.5 Å². The third-order valence-electron chi connectivity index (χ3n) is 2.44. The Morgan fingerprint density at radius 1 is 1.56 bits per heavy atom. The molecule has 0 bridgehead atoms. The van der Waals surface area contributed by atoms with Gasteiger partial charge in [-0.3, -0.25) is 4.90 Å². The number of rotatable bonds is 3. The molecule has 0 aromatic heterocycles. The molecule has 0 aromatic carbocycles. The third kappa shape index (κ3) is 4.81. The highest BCUT2D eigenvalue weighted by Gasteiger charge is 2.25. The Morgan fingerprint density at radius 3 is 2.81 bits per heavy atom. The van der Waals surface area contributed by atoms with Gasteiger partial charge < -0.3 is 15.8 Å². The quantitative estimate of drug-likeness (QED) is 0.741. The van der Waals surface area contributed by atoms with Crippen LogP contribution in [-0.4, -0.2) is 48.8 Å². The van der Waals surface area contributed by atoms with Gasteiger partial charge in [-0.25, -0.2) is 4.79 Å². The number of amides is 1. The minimum Gasteiger partial charge on any atom is -0.444 e. The molecule has 1 heterocycles. The van der Waals surface area contributed by atoms with E-state index in [-0.39, 0.29) is 12.1 Å². The molecule has 0 spiro atoms. The van der Waals surface area contributed by atoms with Gasteiger partial charge in [0.25, 0.3) is 0 Å². The predicted molar refractivity (Wildman–Crippen MR) is 63.3 cm³/mol. The summed E-state index contributed by atoms with van der Waals surface area (Å²) in [6, 6.07) is 0.196. The number of likely N-dealkylation sites (tertiary alicyclic amines) is 1. The Labute approximate surface area is 97.3 Å². The van der Waals surface area contributed by atoms with E-state index in [1.165, 1.54) is 0 Å². The first-order chi connectivity index (χ1) is 7.40. The smallest absolute Gasteiger partial charge is 0.407 e. The molecule has 0 aromatic rings. The molecule has 0 saturated carbocycles. The van der Waals surface area contributed by atoms with Gasteiger partial charge >= 0.3 is 6.09 Å². The molecule has 1 rings (SSSR count). The summed E-state index contributed by atoms with van der Waals surface area (Å²) in [5.74, 6) is 0. The Hall–Kier alpha value is -0.810. The molecule has 1 fully saturated rings. The van der Waals surface area contributed by atoms with E-state index in [1.54, 1.807) is 0 Å². The van der Waals surface area contributed by atoms with Gasteiger partial charge in [-0.05, 0) is 27.2 Å². The minimum absolute atomic E-state index is 0.196. The highest BCUT2D eigenvalue weighted by molar-refractivity contribution is 5.68. The van der Waals surface area contributed by atoms with Crippen LogP contribution in [0, 0.1) is 0 Å². The lowest BCUT2D eigenvalue weighted by Gasteiger charge is -2.22. The van der Waals surface area contributed by atoms with Crippen LogP contribution >= 0.6 is 0 Å². The number of carbonyl (C=O) groups excluding carboxylic acids is 1. The Morgan fingerprint density at radius 2 is 2.25 bits per heavy atom. The van der Waals surface area contributed by atoms with Gasteiger partial charge in [-0.1, -0.05) is 0 Å². The van der Waals surface area contributed by atoms with Crippen LogP contribution < -0.4 is 11.1 Å². The second kappa shape index (κ2) is 5.50. The van der Waals surface area contributed by atoms with Gasteiger partial charge in [0.2, 0.25) is 0 Å². The molecule has 1 atom stereocenters. The molecule has 1 aliphatic heterocycles. The normalized spacial score (nSPS) is 22.1. The van der Waals surface area contributed by atoms with E-state index >= 15 is 0 Å². The number of alkyl carbamates (subject to hydrolysis) is 1. The Balaban J connectivity index is 2.26. The number of carbonyl (C=O) groups is 1. The van der Waals surface area contributed by atoms with E-state index in [1.807, 2.05) is 20.8 Å². The maximum Gasteiger partial charge on any atom is 0.407 e. The summed E-state index contributed by atoms with van der Waals surface area (Å²) in [5.41, 5.74) is 5.05. The van der Waals surface area contributed by atoms with Crippen molar-refractivity contribution in [2.24, 2.45) is 5.73 Å². The highest BCUT2D eigenvalue weighted by Crippen LogP contribution is 2.10. The van der Waals surface area contributed by atoms with Gasteiger partial charge in [0.05, 0.1) is 0 Å². The molecule has 1 aliphatic rings. The summed E-state index contributed by atoms with van der Waals surface area (Å²) < 4.78 is 5.20. The predicted octanol–water partition coefficient (Wildman–Crippen LogP) is 0.544. The highest BCUT2D eigenvalue weighted by atomic mass is 16.6. The van der Waals surface area contributed by atoms with Crippen molar-refractivity contribution >= 4 is 6.09 Å². The van der Waals surface area contributed by atoms with E-state index in [9.17, 15) is 4.79 Å². The van der Waals surface area contributed by atoms with Crippen molar-refractivity contribution < 1.29 is 9.53 Å². The Kier molecular flexibility index (Phi) is 4.56. The second-order valence-corrected chi connectivity index (χ2v) is 5.22. The molecule has 16 heavy (non-hydrogen) atoms. The average Bonchev–Trinajstić information content (AvgIpc) is 2.49. The SMILES string of the molecule is CC(C)(C)OC(=O)NC1CCN(CCN)C1. The first kappa shape index (κ1) is 13.3. The van der Waals surface area contributed by atoms with Gasteiger partial charge in [0.1, 0.15) is 5.60 Å². The largest absolute Gasteiger partial charge is 0.444 e. The molecule has 1 unspecified atom stereocenters. The first-order valence-corrected chi connectivity index (χ1v) is 5.82. The van der Waals surface area contributed by atoms with Crippen molar-refractivity contribution in [2.75, 3.05) is 26.2 Å². The zero-order valence-electron chi connectivity index (χ0n) is 10.5. The van der Waals surface area contributed by atoms with Gasteiger partial charge in [0, 0.05) is 32.2 Å². The number of hydrogen-bond donors (Lipinski definition) is 2. The van der Waals surface area contributed by atoms with Crippen LogP contribution in [0.1, 0.15) is 27.2 Å². The zero-order valence-corrected chi connectivity index (χ0v) is 10.5. The maximum absolute atomic E-state index is 11.5. The minimum atomic E-state index is -0.431. The number of ether oxygens (including phenoxy) is 1. The van der Waals surface area contributed by atoms with Crippen molar-refractivity contribution in [1.82, 2.24) is 10.2 Å². The molecule has 0 aliphatic carbocycles. The molecule has 94 valence electrons. The van der Waals surface area contributed by atoms with Crippen LogP contribution in [0.5, 0.6) is 0 Å². The van der Waals surface area contributed by atoms with Crippen LogP contribution in [0.2, 0.25) is 0 Å². The summed E-state index contributed by atoms with van der Waals surface area (Å²) in [4.78, 5) is 13.8. The molecule has 3 N–H and O–H groups in total. The van der Waals surface area contributed by atoms with Crippen LogP contribution in [0.25, 0.3) is 0 Å². The second-order valence-electron chi connectivity index (χ2n) is 5.22. The van der Waals surface area contributed by atoms with E-state index in [0.29, 0.717) is 6.54 Å². The lowest BCUT2D eigenvalue weighted by Crippen LogP contribution is -2.41. The molecule has 1 amide bonds. The summed E-state index contributed by atoms with van der Waals surface area (Å²) in [6.45, 7) is 9.02.